The maximum absolute atomic E-state index is 9.93. The zero-order valence-electron chi connectivity index (χ0n) is 16.4. The number of aliphatic hydroxyl groups excluding tert-OH is 1. The van der Waals surface area contributed by atoms with Crippen molar-refractivity contribution in [3.8, 4) is 23.3 Å². The predicted octanol–water partition coefficient (Wildman–Crippen LogP) is 4.75. The maximum atomic E-state index is 9.93. The summed E-state index contributed by atoms with van der Waals surface area (Å²) >= 11 is 6.02. The molecule has 0 spiro atoms. The lowest BCUT2D eigenvalue weighted by Gasteiger charge is -2.13. The number of hydrogen-bond acceptors (Lipinski definition) is 4. The van der Waals surface area contributed by atoms with Gasteiger partial charge in [-0.2, -0.15) is 10.5 Å². The van der Waals surface area contributed by atoms with E-state index in [1.54, 1.807) is 18.3 Å². The molecule has 0 amide bonds. The van der Waals surface area contributed by atoms with Crippen molar-refractivity contribution in [1.29, 1.82) is 10.5 Å². The summed E-state index contributed by atoms with van der Waals surface area (Å²) in [7, 11) is 0. The molecule has 0 bridgehead atoms. The van der Waals surface area contributed by atoms with Crippen LogP contribution in [0.25, 0.3) is 11.1 Å². The number of aliphatic hydroxyl groups is 1. The number of hydrogen-bond donors (Lipinski definition) is 1. The van der Waals surface area contributed by atoms with Crippen LogP contribution in [0.15, 0.2) is 36.5 Å². The monoisotopic (exact) mass is 404 g/mol. The quantitative estimate of drug-likeness (QED) is 0.601. The third-order valence-corrected chi connectivity index (χ3v) is 5.35. The Labute approximate surface area is 175 Å². The lowest BCUT2D eigenvalue weighted by atomic mass is 9.99. The van der Waals surface area contributed by atoms with Crippen LogP contribution in [0.1, 0.15) is 47.0 Å². The van der Waals surface area contributed by atoms with Crippen molar-refractivity contribution in [2.45, 2.75) is 39.8 Å². The molecule has 2 aromatic heterocycles. The van der Waals surface area contributed by atoms with Gasteiger partial charge in [0.2, 0.25) is 0 Å². The van der Waals surface area contributed by atoms with Gasteiger partial charge >= 0.3 is 0 Å². The normalized spacial score (nSPS) is 10.6. The largest absolute Gasteiger partial charge is 0.392 e. The number of nitrogens with zero attached hydrogens (tertiary/aromatic N) is 4. The Balaban J connectivity index is 2.15. The van der Waals surface area contributed by atoms with Gasteiger partial charge in [0.25, 0.3) is 0 Å². The number of rotatable bonds is 6. The fourth-order valence-electron chi connectivity index (χ4n) is 3.62. The van der Waals surface area contributed by atoms with Crippen LogP contribution in [-0.2, 0) is 19.6 Å². The Bertz CT molecular complexity index is 1120. The Morgan fingerprint density at radius 2 is 1.90 bits per heavy atom. The first-order valence-electron chi connectivity index (χ1n) is 9.40. The smallest absolute Gasteiger partial charge is 0.134 e. The van der Waals surface area contributed by atoms with Gasteiger partial charge in [-0.3, -0.25) is 0 Å². The first kappa shape index (κ1) is 20.6. The van der Waals surface area contributed by atoms with Crippen LogP contribution in [-0.4, -0.2) is 14.7 Å². The van der Waals surface area contributed by atoms with Crippen molar-refractivity contribution in [1.82, 2.24) is 9.55 Å². The molecule has 5 nitrogen and oxygen atoms in total. The van der Waals surface area contributed by atoms with Gasteiger partial charge in [0.1, 0.15) is 11.2 Å². The fraction of sp³-hybridized carbons (Fsp3) is 0.261. The highest BCUT2D eigenvalue weighted by Gasteiger charge is 2.21. The molecule has 3 rings (SSSR count). The zero-order chi connectivity index (χ0) is 21.0. The molecule has 0 atom stereocenters. The molecule has 1 aromatic carbocycles. The van der Waals surface area contributed by atoms with E-state index in [1.165, 1.54) is 0 Å². The molecule has 0 aliphatic rings. The van der Waals surface area contributed by atoms with Crippen molar-refractivity contribution in [2.75, 3.05) is 0 Å². The van der Waals surface area contributed by atoms with E-state index in [-0.39, 0.29) is 6.61 Å². The summed E-state index contributed by atoms with van der Waals surface area (Å²) in [5, 5.41) is 28.8. The standard InChI is InChI=1S/C23H21ClN4O/c1-3-4-21-20(11-26)22(18-7-5-16(10-25)6-8-18)15(2)28(21)13-17-9-19(14-29)23(24)27-12-17/h5-9,12,29H,3-4,13-14H2,1-2H3. The molecule has 0 radical (unpaired) electrons. The van der Waals surface area contributed by atoms with Crippen LogP contribution in [0, 0.1) is 29.6 Å². The molecular formula is C23H21ClN4O. The van der Waals surface area contributed by atoms with Crippen molar-refractivity contribution in [3.63, 3.8) is 0 Å². The summed E-state index contributed by atoms with van der Waals surface area (Å²) in [6.07, 6.45) is 3.38. The minimum atomic E-state index is -0.175. The molecule has 29 heavy (non-hydrogen) atoms. The van der Waals surface area contributed by atoms with Crippen LogP contribution in [0.5, 0.6) is 0 Å². The number of halogens is 1. The SMILES string of the molecule is CCCc1c(C#N)c(-c2ccc(C#N)cc2)c(C)n1Cc1cnc(Cl)c(CO)c1. The van der Waals surface area contributed by atoms with E-state index in [0.29, 0.717) is 28.4 Å². The van der Waals surface area contributed by atoms with Gasteiger partial charge in [0.05, 0.1) is 23.8 Å². The van der Waals surface area contributed by atoms with Gasteiger partial charge in [-0.1, -0.05) is 37.1 Å². The second-order valence-electron chi connectivity index (χ2n) is 6.87. The van der Waals surface area contributed by atoms with Crippen LogP contribution in [0.2, 0.25) is 5.15 Å². The summed E-state index contributed by atoms with van der Waals surface area (Å²) in [5.74, 6) is 0. The van der Waals surface area contributed by atoms with Gasteiger partial charge in [0.15, 0.2) is 0 Å². The molecular weight excluding hydrogens is 384 g/mol. The third-order valence-electron chi connectivity index (χ3n) is 5.01. The van der Waals surface area contributed by atoms with Crippen LogP contribution in [0.3, 0.4) is 0 Å². The van der Waals surface area contributed by atoms with Crippen molar-refractivity contribution < 1.29 is 5.11 Å². The Morgan fingerprint density at radius 3 is 2.48 bits per heavy atom. The highest BCUT2D eigenvalue weighted by Crippen LogP contribution is 2.34. The molecule has 0 saturated heterocycles. The highest BCUT2D eigenvalue weighted by molar-refractivity contribution is 6.30. The number of aromatic nitrogens is 2. The molecule has 0 fully saturated rings. The van der Waals surface area contributed by atoms with E-state index in [0.717, 1.165) is 40.9 Å². The molecule has 0 saturated carbocycles. The molecule has 6 heteroatoms. The molecule has 2 heterocycles. The average molecular weight is 405 g/mol. The Kier molecular flexibility index (Phi) is 6.34. The van der Waals surface area contributed by atoms with E-state index in [1.807, 2.05) is 25.1 Å². The molecule has 0 aliphatic carbocycles. The highest BCUT2D eigenvalue weighted by atomic mass is 35.5. The van der Waals surface area contributed by atoms with Crippen LogP contribution < -0.4 is 0 Å². The summed E-state index contributed by atoms with van der Waals surface area (Å²) < 4.78 is 2.14. The minimum Gasteiger partial charge on any atom is -0.392 e. The zero-order valence-corrected chi connectivity index (χ0v) is 17.2. The van der Waals surface area contributed by atoms with Crippen molar-refractivity contribution in [3.05, 3.63) is 75.3 Å². The summed E-state index contributed by atoms with van der Waals surface area (Å²) in [4.78, 5) is 4.17. The van der Waals surface area contributed by atoms with Gasteiger partial charge in [-0.25, -0.2) is 4.98 Å². The first-order chi connectivity index (χ1) is 14.0. The topological polar surface area (TPSA) is 85.6 Å². The summed E-state index contributed by atoms with van der Waals surface area (Å²) in [6.45, 7) is 4.45. The molecule has 1 N–H and O–H groups in total. The van der Waals surface area contributed by atoms with Crippen molar-refractivity contribution >= 4 is 11.6 Å². The maximum Gasteiger partial charge on any atom is 0.134 e. The number of nitriles is 2. The summed E-state index contributed by atoms with van der Waals surface area (Å²) in [6, 6.07) is 13.7. The van der Waals surface area contributed by atoms with Crippen LogP contribution >= 0.6 is 11.6 Å². The van der Waals surface area contributed by atoms with Gasteiger partial charge in [-0.15, -0.1) is 0 Å². The van der Waals surface area contributed by atoms with Gasteiger partial charge in [0, 0.05) is 35.3 Å². The lowest BCUT2D eigenvalue weighted by molar-refractivity contribution is 0.281. The lowest BCUT2D eigenvalue weighted by Crippen LogP contribution is -2.08. The van der Waals surface area contributed by atoms with Crippen molar-refractivity contribution in [2.24, 2.45) is 0 Å². The van der Waals surface area contributed by atoms with E-state index in [2.05, 4.69) is 28.6 Å². The van der Waals surface area contributed by atoms with Gasteiger partial charge < -0.3 is 9.67 Å². The second-order valence-corrected chi connectivity index (χ2v) is 7.23. The first-order valence-corrected chi connectivity index (χ1v) is 9.78. The second kappa shape index (κ2) is 8.92. The predicted molar refractivity (Wildman–Crippen MR) is 112 cm³/mol. The van der Waals surface area contributed by atoms with E-state index >= 15 is 0 Å². The third kappa shape index (κ3) is 4.03. The molecule has 0 aliphatic heterocycles. The Morgan fingerprint density at radius 1 is 1.17 bits per heavy atom. The molecule has 3 aromatic rings. The van der Waals surface area contributed by atoms with Gasteiger partial charge in [-0.05, 0) is 42.7 Å². The van der Waals surface area contributed by atoms with Crippen LogP contribution in [0.4, 0.5) is 0 Å². The fourth-order valence-corrected chi connectivity index (χ4v) is 3.78. The average Bonchev–Trinajstić information content (AvgIpc) is 3.00. The van der Waals surface area contributed by atoms with E-state index < -0.39 is 0 Å². The molecule has 0 unspecified atom stereocenters. The van der Waals surface area contributed by atoms with E-state index in [4.69, 9.17) is 16.9 Å². The number of benzene rings is 1. The Hall–Kier alpha value is -3.12. The number of pyridine rings is 1. The van der Waals surface area contributed by atoms with E-state index in [9.17, 15) is 10.4 Å². The minimum absolute atomic E-state index is 0.175. The summed E-state index contributed by atoms with van der Waals surface area (Å²) in [5.41, 5.74) is 6.51. The molecule has 146 valence electrons.